The number of Topliss-reactive ketones (excluding diaryl/α,β-unsaturated/α-hetero) is 1. The Bertz CT molecular complexity index is 1630. The lowest BCUT2D eigenvalue weighted by molar-refractivity contribution is -0.147. The SMILES string of the molecule is COc1ccc(C2C(C(=O)c3ccc(C#N)cc3)C(c3ccc(F)cc3)N(C(=O)C3CC3)C2C(=O)N2CCNCC2)cc1OC. The number of ether oxygens (including phenoxy) is 2. The predicted octanol–water partition coefficient (Wildman–Crippen LogP) is 4.09. The van der Waals surface area contributed by atoms with E-state index in [4.69, 9.17) is 9.47 Å². The first-order chi connectivity index (χ1) is 21.9. The van der Waals surface area contributed by atoms with Crippen LogP contribution in [-0.2, 0) is 9.59 Å². The van der Waals surface area contributed by atoms with Crippen LogP contribution in [0.25, 0.3) is 0 Å². The first kappa shape index (κ1) is 30.3. The fraction of sp³-hybridized carbons (Fsp3) is 0.371. The van der Waals surface area contributed by atoms with Crippen LogP contribution in [0, 0.1) is 29.0 Å². The van der Waals surface area contributed by atoms with Gasteiger partial charge in [-0.15, -0.1) is 0 Å². The standard InChI is InChI=1S/C35H35FN4O5/c1-44-27-14-11-25(19-28(27)45-2)29-30(33(41)23-5-3-21(20-37)4-6-23)31(22-9-12-26(36)13-10-22)40(34(42)24-7-8-24)32(29)35(43)39-17-15-38-16-18-39/h3-6,9-14,19,24,29-32,38H,7-8,15-18H2,1-2H3. The van der Waals surface area contributed by atoms with E-state index in [0.717, 1.165) is 0 Å². The van der Waals surface area contributed by atoms with E-state index in [-0.39, 0.29) is 23.5 Å². The molecule has 232 valence electrons. The van der Waals surface area contributed by atoms with Crippen molar-refractivity contribution in [2.45, 2.75) is 30.8 Å². The van der Waals surface area contributed by atoms with Gasteiger partial charge in [-0.3, -0.25) is 14.4 Å². The summed E-state index contributed by atoms with van der Waals surface area (Å²) in [6, 6.07) is 17.7. The van der Waals surface area contributed by atoms with Crippen molar-refractivity contribution in [3.05, 3.63) is 94.8 Å². The van der Waals surface area contributed by atoms with Gasteiger partial charge >= 0.3 is 0 Å². The normalized spacial score (nSPS) is 22.9. The summed E-state index contributed by atoms with van der Waals surface area (Å²) in [4.78, 5) is 47.2. The summed E-state index contributed by atoms with van der Waals surface area (Å²) in [5.74, 6) is -2.16. The molecule has 0 aromatic heterocycles. The predicted molar refractivity (Wildman–Crippen MR) is 163 cm³/mol. The Kier molecular flexibility index (Phi) is 8.55. The summed E-state index contributed by atoms with van der Waals surface area (Å²) in [6.45, 7) is 2.17. The zero-order valence-corrected chi connectivity index (χ0v) is 25.2. The molecule has 6 rings (SSSR count). The molecular formula is C35H35FN4O5. The van der Waals surface area contributed by atoms with Crippen LogP contribution in [0.3, 0.4) is 0 Å². The number of ketones is 1. The Balaban J connectivity index is 1.59. The Morgan fingerprint density at radius 2 is 1.51 bits per heavy atom. The minimum absolute atomic E-state index is 0.182. The van der Waals surface area contributed by atoms with E-state index in [1.807, 2.05) is 6.07 Å². The second kappa shape index (κ2) is 12.7. The smallest absolute Gasteiger partial charge is 0.246 e. The average molecular weight is 611 g/mol. The molecule has 4 unspecified atom stereocenters. The van der Waals surface area contributed by atoms with Gasteiger partial charge in [-0.1, -0.05) is 30.3 Å². The zero-order valence-electron chi connectivity index (χ0n) is 25.2. The van der Waals surface area contributed by atoms with Gasteiger partial charge in [0.1, 0.15) is 11.9 Å². The van der Waals surface area contributed by atoms with E-state index in [0.29, 0.717) is 72.8 Å². The van der Waals surface area contributed by atoms with Crippen molar-refractivity contribution in [3.8, 4) is 17.6 Å². The van der Waals surface area contributed by atoms with Crippen LogP contribution in [-0.4, -0.2) is 73.8 Å². The number of hydrogen-bond acceptors (Lipinski definition) is 7. The first-order valence-electron chi connectivity index (χ1n) is 15.2. The maximum absolute atomic E-state index is 14.8. The highest BCUT2D eigenvalue weighted by Gasteiger charge is 2.59. The lowest BCUT2D eigenvalue weighted by Crippen LogP contribution is -2.55. The highest BCUT2D eigenvalue weighted by molar-refractivity contribution is 6.02. The summed E-state index contributed by atoms with van der Waals surface area (Å²) < 4.78 is 25.4. The maximum Gasteiger partial charge on any atom is 0.246 e. The lowest BCUT2D eigenvalue weighted by Gasteiger charge is -2.36. The summed E-state index contributed by atoms with van der Waals surface area (Å²) in [5.41, 5.74) is 1.97. The van der Waals surface area contributed by atoms with Crippen LogP contribution in [0.1, 0.15) is 51.8 Å². The van der Waals surface area contributed by atoms with E-state index >= 15 is 0 Å². The number of amides is 2. The Morgan fingerprint density at radius 3 is 2.11 bits per heavy atom. The number of piperazine rings is 1. The molecule has 2 aliphatic heterocycles. The fourth-order valence-electron chi connectivity index (χ4n) is 6.76. The molecule has 3 fully saturated rings. The summed E-state index contributed by atoms with van der Waals surface area (Å²) in [6.07, 6.45) is 1.41. The third kappa shape index (κ3) is 5.76. The van der Waals surface area contributed by atoms with E-state index in [2.05, 4.69) is 11.4 Å². The topological polar surface area (TPSA) is 112 Å². The molecule has 2 amide bonds. The van der Waals surface area contributed by atoms with Crippen molar-refractivity contribution in [2.75, 3.05) is 40.4 Å². The van der Waals surface area contributed by atoms with Crippen LogP contribution < -0.4 is 14.8 Å². The van der Waals surface area contributed by atoms with E-state index in [1.165, 1.54) is 26.4 Å². The number of hydrogen-bond donors (Lipinski definition) is 1. The molecule has 1 saturated carbocycles. The van der Waals surface area contributed by atoms with Gasteiger partial charge in [0.15, 0.2) is 17.3 Å². The molecule has 1 aliphatic carbocycles. The van der Waals surface area contributed by atoms with Crippen LogP contribution >= 0.6 is 0 Å². The Hall–Kier alpha value is -4.75. The molecular weight excluding hydrogens is 575 g/mol. The number of carbonyl (C=O) groups is 3. The molecule has 4 atom stereocenters. The fourth-order valence-corrected chi connectivity index (χ4v) is 6.76. The number of carbonyl (C=O) groups excluding carboxylic acids is 3. The molecule has 3 aromatic rings. The second-order valence-corrected chi connectivity index (χ2v) is 11.8. The Morgan fingerprint density at radius 1 is 0.867 bits per heavy atom. The molecule has 10 heteroatoms. The number of halogens is 1. The first-order valence-corrected chi connectivity index (χ1v) is 15.2. The molecule has 45 heavy (non-hydrogen) atoms. The van der Waals surface area contributed by atoms with Gasteiger partial charge in [0, 0.05) is 43.6 Å². The molecule has 9 nitrogen and oxygen atoms in total. The summed E-state index contributed by atoms with van der Waals surface area (Å²) >= 11 is 0. The van der Waals surface area contributed by atoms with E-state index in [1.54, 1.807) is 58.3 Å². The van der Waals surface area contributed by atoms with Gasteiger partial charge in [-0.25, -0.2) is 4.39 Å². The van der Waals surface area contributed by atoms with Crippen LogP contribution in [0.2, 0.25) is 0 Å². The quantitative estimate of drug-likeness (QED) is 0.383. The van der Waals surface area contributed by atoms with Crippen LogP contribution in [0.5, 0.6) is 11.5 Å². The molecule has 3 aromatic carbocycles. The number of benzene rings is 3. The van der Waals surface area contributed by atoms with Gasteiger partial charge in [-0.05, 0) is 60.4 Å². The third-order valence-corrected chi connectivity index (χ3v) is 9.13. The molecule has 3 aliphatic rings. The average Bonchev–Trinajstić information content (AvgIpc) is 3.88. The number of rotatable bonds is 8. The van der Waals surface area contributed by atoms with Crippen LogP contribution in [0.4, 0.5) is 4.39 Å². The van der Waals surface area contributed by atoms with E-state index in [9.17, 15) is 24.0 Å². The minimum Gasteiger partial charge on any atom is -0.493 e. The van der Waals surface area contributed by atoms with Crippen molar-refractivity contribution >= 4 is 17.6 Å². The van der Waals surface area contributed by atoms with Gasteiger partial charge in [0.25, 0.3) is 0 Å². The summed E-state index contributed by atoms with van der Waals surface area (Å²) in [5, 5.41) is 12.6. The minimum atomic E-state index is -1.00. The largest absolute Gasteiger partial charge is 0.493 e. The van der Waals surface area contributed by atoms with Crippen molar-refractivity contribution in [1.29, 1.82) is 5.26 Å². The van der Waals surface area contributed by atoms with Crippen molar-refractivity contribution in [1.82, 2.24) is 15.1 Å². The molecule has 0 radical (unpaired) electrons. The third-order valence-electron chi connectivity index (χ3n) is 9.13. The molecule has 2 heterocycles. The number of methoxy groups -OCH3 is 2. The number of nitrogens with one attached hydrogen (secondary N) is 1. The number of nitriles is 1. The second-order valence-electron chi connectivity index (χ2n) is 11.8. The lowest BCUT2D eigenvalue weighted by atomic mass is 9.75. The highest BCUT2D eigenvalue weighted by atomic mass is 19.1. The van der Waals surface area contributed by atoms with Gasteiger partial charge in [-0.2, -0.15) is 5.26 Å². The monoisotopic (exact) mass is 610 g/mol. The maximum atomic E-state index is 14.8. The highest BCUT2D eigenvalue weighted by Crippen LogP contribution is 2.54. The number of likely N-dealkylation sites (tertiary alicyclic amines) is 1. The van der Waals surface area contributed by atoms with Crippen LogP contribution in [0.15, 0.2) is 66.7 Å². The molecule has 1 N–H and O–H groups in total. The van der Waals surface area contributed by atoms with Crippen molar-refractivity contribution < 1.29 is 28.2 Å². The summed E-state index contributed by atoms with van der Waals surface area (Å²) in [7, 11) is 3.05. The molecule has 0 bridgehead atoms. The molecule has 2 saturated heterocycles. The zero-order chi connectivity index (χ0) is 31.7. The Labute approximate surface area is 261 Å². The van der Waals surface area contributed by atoms with Gasteiger partial charge in [0.05, 0.1) is 37.8 Å². The molecule has 0 spiro atoms. The van der Waals surface area contributed by atoms with E-state index < -0.39 is 29.7 Å². The van der Waals surface area contributed by atoms with Gasteiger partial charge < -0.3 is 24.6 Å². The van der Waals surface area contributed by atoms with Crippen molar-refractivity contribution in [3.63, 3.8) is 0 Å². The number of nitrogens with zero attached hydrogens (tertiary/aromatic N) is 3. The van der Waals surface area contributed by atoms with Crippen molar-refractivity contribution in [2.24, 2.45) is 11.8 Å². The van der Waals surface area contributed by atoms with Gasteiger partial charge in [0.2, 0.25) is 11.8 Å².